The number of aryl methyl sites for hydroxylation is 1. The quantitative estimate of drug-likeness (QED) is 0.602. The van der Waals surface area contributed by atoms with E-state index < -0.39 is 27.8 Å². The number of benzene rings is 2. The van der Waals surface area contributed by atoms with Crippen molar-refractivity contribution in [3.8, 4) is 0 Å². The van der Waals surface area contributed by atoms with Crippen LogP contribution < -0.4 is 5.32 Å². The first kappa shape index (κ1) is 22.1. The SMILES string of the molecule is Cc1ccc(COC(=O)[C@H](CCS(C)(=O)=O)NC(=O)c2ccccc2Br)cc1. The molecule has 0 spiro atoms. The number of rotatable bonds is 8. The second-order valence-electron chi connectivity index (χ2n) is 6.52. The minimum Gasteiger partial charge on any atom is -0.459 e. The van der Waals surface area contributed by atoms with Gasteiger partial charge in [0.1, 0.15) is 22.5 Å². The zero-order chi connectivity index (χ0) is 20.7. The molecule has 0 radical (unpaired) electrons. The number of carbonyl (C=O) groups excluding carboxylic acids is 2. The van der Waals surface area contributed by atoms with Crippen molar-refractivity contribution in [2.45, 2.75) is 26.0 Å². The van der Waals surface area contributed by atoms with Gasteiger partial charge in [-0.15, -0.1) is 0 Å². The Bertz CT molecular complexity index is 941. The monoisotopic (exact) mass is 467 g/mol. The molecule has 1 N–H and O–H groups in total. The van der Waals surface area contributed by atoms with E-state index in [1.165, 1.54) is 0 Å². The van der Waals surface area contributed by atoms with E-state index >= 15 is 0 Å². The molecule has 2 aromatic carbocycles. The molecule has 8 heteroatoms. The molecule has 1 atom stereocenters. The first-order chi connectivity index (χ1) is 13.2. The van der Waals surface area contributed by atoms with Gasteiger partial charge in [0.05, 0.1) is 11.3 Å². The Labute approximate surface area is 173 Å². The summed E-state index contributed by atoms with van der Waals surface area (Å²) in [5, 5.41) is 2.58. The summed E-state index contributed by atoms with van der Waals surface area (Å²) in [6.45, 7) is 1.99. The summed E-state index contributed by atoms with van der Waals surface area (Å²) >= 11 is 3.29. The van der Waals surface area contributed by atoms with Crippen molar-refractivity contribution < 1.29 is 22.7 Å². The van der Waals surface area contributed by atoms with Crippen LogP contribution in [0.25, 0.3) is 0 Å². The second kappa shape index (κ2) is 9.84. The van der Waals surface area contributed by atoms with E-state index in [1.54, 1.807) is 24.3 Å². The third kappa shape index (κ3) is 7.09. The molecule has 2 rings (SSSR count). The molecule has 0 saturated heterocycles. The fourth-order valence-corrected chi connectivity index (χ4v) is 3.53. The summed E-state index contributed by atoms with van der Waals surface area (Å²) in [6.07, 6.45) is 1.01. The van der Waals surface area contributed by atoms with Crippen LogP contribution in [-0.4, -0.2) is 38.3 Å². The lowest BCUT2D eigenvalue weighted by atomic mass is 10.1. The molecule has 0 heterocycles. The molecule has 28 heavy (non-hydrogen) atoms. The molecule has 1 amide bonds. The van der Waals surface area contributed by atoms with E-state index in [0.717, 1.165) is 17.4 Å². The van der Waals surface area contributed by atoms with Crippen molar-refractivity contribution >= 4 is 37.6 Å². The average Bonchev–Trinajstić information content (AvgIpc) is 2.64. The van der Waals surface area contributed by atoms with Crippen LogP contribution >= 0.6 is 15.9 Å². The molecule has 6 nitrogen and oxygen atoms in total. The van der Waals surface area contributed by atoms with Gasteiger partial charge in [-0.25, -0.2) is 13.2 Å². The second-order valence-corrected chi connectivity index (χ2v) is 9.63. The average molecular weight is 468 g/mol. The van der Waals surface area contributed by atoms with Crippen LogP contribution in [0, 0.1) is 6.92 Å². The van der Waals surface area contributed by atoms with E-state index in [4.69, 9.17) is 4.74 Å². The van der Waals surface area contributed by atoms with Gasteiger partial charge in [0.25, 0.3) is 5.91 Å². The lowest BCUT2D eigenvalue weighted by Gasteiger charge is -2.18. The van der Waals surface area contributed by atoms with E-state index in [1.807, 2.05) is 31.2 Å². The Morgan fingerprint density at radius 2 is 1.75 bits per heavy atom. The highest BCUT2D eigenvalue weighted by Gasteiger charge is 2.25. The number of halogens is 1. The van der Waals surface area contributed by atoms with Gasteiger partial charge in [0.15, 0.2) is 0 Å². The first-order valence-electron chi connectivity index (χ1n) is 8.61. The summed E-state index contributed by atoms with van der Waals surface area (Å²) < 4.78 is 28.9. The van der Waals surface area contributed by atoms with Crippen LogP contribution in [0.2, 0.25) is 0 Å². The largest absolute Gasteiger partial charge is 0.459 e. The Morgan fingerprint density at radius 3 is 2.36 bits per heavy atom. The van der Waals surface area contributed by atoms with Crippen molar-refractivity contribution in [2.24, 2.45) is 0 Å². The van der Waals surface area contributed by atoms with E-state index in [-0.39, 0.29) is 18.8 Å². The summed E-state index contributed by atoms with van der Waals surface area (Å²) in [6, 6.07) is 13.2. The number of hydrogen-bond acceptors (Lipinski definition) is 5. The minimum atomic E-state index is -3.30. The minimum absolute atomic E-state index is 0.0411. The summed E-state index contributed by atoms with van der Waals surface area (Å²) in [5.41, 5.74) is 2.23. The first-order valence-corrected chi connectivity index (χ1v) is 11.5. The summed E-state index contributed by atoms with van der Waals surface area (Å²) in [4.78, 5) is 25.0. The molecule has 0 aliphatic rings. The predicted molar refractivity (Wildman–Crippen MR) is 111 cm³/mol. The fourth-order valence-electron chi connectivity index (χ4n) is 2.40. The van der Waals surface area contributed by atoms with Crippen LogP contribution in [0.1, 0.15) is 27.9 Å². The van der Waals surface area contributed by atoms with Crippen LogP contribution in [0.15, 0.2) is 53.0 Å². The van der Waals surface area contributed by atoms with Crippen molar-refractivity contribution in [1.29, 1.82) is 0 Å². The molecule has 0 bridgehead atoms. The van der Waals surface area contributed by atoms with Gasteiger partial charge >= 0.3 is 5.97 Å². The topological polar surface area (TPSA) is 89.5 Å². The molecular weight excluding hydrogens is 446 g/mol. The summed E-state index contributed by atoms with van der Waals surface area (Å²) in [5.74, 6) is -1.41. The number of hydrogen-bond donors (Lipinski definition) is 1. The predicted octanol–water partition coefficient (Wildman–Crippen LogP) is 3.03. The fraction of sp³-hybridized carbons (Fsp3) is 0.300. The third-order valence-corrected chi connectivity index (χ3v) is 5.66. The van der Waals surface area contributed by atoms with Gasteiger partial charge in [-0.1, -0.05) is 42.0 Å². The van der Waals surface area contributed by atoms with E-state index in [0.29, 0.717) is 10.0 Å². The number of esters is 1. The smallest absolute Gasteiger partial charge is 0.329 e. The van der Waals surface area contributed by atoms with Gasteiger partial charge in [-0.3, -0.25) is 4.79 Å². The maximum Gasteiger partial charge on any atom is 0.329 e. The molecular formula is C20H22BrNO5S. The van der Waals surface area contributed by atoms with Crippen LogP contribution in [0.5, 0.6) is 0 Å². The molecule has 0 aromatic heterocycles. The lowest BCUT2D eigenvalue weighted by molar-refractivity contribution is -0.147. The molecule has 2 aromatic rings. The van der Waals surface area contributed by atoms with Crippen molar-refractivity contribution in [3.05, 3.63) is 69.7 Å². The normalized spacial score (nSPS) is 12.2. The van der Waals surface area contributed by atoms with Crippen molar-refractivity contribution in [1.82, 2.24) is 5.32 Å². The van der Waals surface area contributed by atoms with Crippen molar-refractivity contribution in [2.75, 3.05) is 12.0 Å². The Kier molecular flexibility index (Phi) is 7.77. The van der Waals surface area contributed by atoms with Crippen LogP contribution in [0.3, 0.4) is 0 Å². The number of carbonyl (C=O) groups is 2. The standard InChI is InChI=1S/C20H22BrNO5S/c1-14-7-9-15(10-8-14)13-27-20(24)18(11-12-28(2,25)26)22-19(23)16-5-3-4-6-17(16)21/h3-10,18H,11-13H2,1-2H3,(H,22,23)/t18-/m0/s1. The molecule has 0 aliphatic carbocycles. The maximum absolute atomic E-state index is 12.5. The Morgan fingerprint density at radius 1 is 1.11 bits per heavy atom. The molecule has 0 saturated carbocycles. The Hall–Kier alpha value is -2.19. The molecule has 0 unspecified atom stereocenters. The third-order valence-electron chi connectivity index (χ3n) is 3.99. The highest BCUT2D eigenvalue weighted by Crippen LogP contribution is 2.16. The van der Waals surface area contributed by atoms with Crippen LogP contribution in [0.4, 0.5) is 0 Å². The molecule has 150 valence electrons. The van der Waals surface area contributed by atoms with Crippen molar-refractivity contribution in [3.63, 3.8) is 0 Å². The highest BCUT2D eigenvalue weighted by molar-refractivity contribution is 9.10. The lowest BCUT2D eigenvalue weighted by Crippen LogP contribution is -2.43. The molecule has 0 fully saturated rings. The number of nitrogens with one attached hydrogen (secondary N) is 1. The van der Waals surface area contributed by atoms with Gasteiger partial charge in [-0.05, 0) is 47.0 Å². The van der Waals surface area contributed by atoms with Crippen LogP contribution in [-0.2, 0) is 26.0 Å². The number of amides is 1. The van der Waals surface area contributed by atoms with Gasteiger partial charge in [-0.2, -0.15) is 0 Å². The van der Waals surface area contributed by atoms with Gasteiger partial charge in [0, 0.05) is 10.7 Å². The van der Waals surface area contributed by atoms with E-state index in [9.17, 15) is 18.0 Å². The highest BCUT2D eigenvalue weighted by atomic mass is 79.9. The number of ether oxygens (including phenoxy) is 1. The van der Waals surface area contributed by atoms with Gasteiger partial charge < -0.3 is 10.1 Å². The zero-order valence-electron chi connectivity index (χ0n) is 15.6. The van der Waals surface area contributed by atoms with Gasteiger partial charge in [0.2, 0.25) is 0 Å². The van der Waals surface area contributed by atoms with E-state index in [2.05, 4.69) is 21.2 Å². The summed E-state index contributed by atoms with van der Waals surface area (Å²) in [7, 11) is -3.30. The zero-order valence-corrected chi connectivity index (χ0v) is 18.0. The Balaban J connectivity index is 2.08. The maximum atomic E-state index is 12.5. The molecule has 0 aliphatic heterocycles. The number of sulfone groups is 1.